The van der Waals surface area contributed by atoms with Crippen molar-refractivity contribution in [1.82, 2.24) is 20.4 Å². The van der Waals surface area contributed by atoms with Crippen LogP contribution >= 0.6 is 0 Å². The van der Waals surface area contributed by atoms with Gasteiger partial charge in [0.15, 0.2) is 5.82 Å². The fraction of sp³-hybridized carbons (Fsp3) is 0.526. The minimum Gasteiger partial charge on any atom is -0.493 e. The van der Waals surface area contributed by atoms with E-state index < -0.39 is 0 Å². The maximum Gasteiger partial charge on any atom is 0.318 e. The number of amides is 2. The fourth-order valence-corrected chi connectivity index (χ4v) is 3.06. The lowest BCUT2D eigenvalue weighted by Crippen LogP contribution is -2.44. The van der Waals surface area contributed by atoms with Gasteiger partial charge in [0.1, 0.15) is 17.6 Å². The molecule has 1 aliphatic rings. The number of likely N-dealkylation sites (tertiary alicyclic amines) is 1. The molecule has 1 aromatic carbocycles. The van der Waals surface area contributed by atoms with Crippen LogP contribution in [-0.4, -0.2) is 40.8 Å². The van der Waals surface area contributed by atoms with Crippen molar-refractivity contribution in [2.24, 2.45) is 0 Å². The van der Waals surface area contributed by atoms with Crippen molar-refractivity contribution in [3.05, 3.63) is 41.8 Å². The van der Waals surface area contributed by atoms with Crippen molar-refractivity contribution in [1.29, 1.82) is 0 Å². The number of carbonyl (C=O) groups excluding carboxylic acids is 1. The highest BCUT2D eigenvalue weighted by Crippen LogP contribution is 2.29. The Morgan fingerprint density at radius 1 is 1.37 bits per heavy atom. The van der Waals surface area contributed by atoms with Crippen LogP contribution in [0.3, 0.4) is 0 Å². The molecule has 0 saturated carbocycles. The van der Waals surface area contributed by atoms with Gasteiger partial charge in [0, 0.05) is 19.5 Å². The number of benzene rings is 1. The van der Waals surface area contributed by atoms with E-state index in [-0.39, 0.29) is 17.9 Å². The molecular weight excluding hydrogens is 351 g/mol. The highest BCUT2D eigenvalue weighted by molar-refractivity contribution is 5.74. The van der Waals surface area contributed by atoms with Crippen molar-refractivity contribution in [2.75, 3.05) is 19.7 Å². The Bertz CT molecular complexity index is 735. The van der Waals surface area contributed by atoms with Gasteiger partial charge in [0.25, 0.3) is 0 Å². The van der Waals surface area contributed by atoms with Gasteiger partial charge in [-0.25, -0.2) is 9.18 Å². The van der Waals surface area contributed by atoms with Gasteiger partial charge < -0.3 is 19.5 Å². The zero-order valence-electron chi connectivity index (χ0n) is 15.5. The molecule has 0 bridgehead atoms. The van der Waals surface area contributed by atoms with Gasteiger partial charge in [-0.15, -0.1) is 0 Å². The molecule has 0 aliphatic carbocycles. The summed E-state index contributed by atoms with van der Waals surface area (Å²) in [5, 5.41) is 6.92. The standard InChI is InChI=1S/C19H25FN4O3/c1-2-11-21-19(25)24-12-4-3-5-16(24)18-22-17(23-27-18)10-13-26-15-8-6-14(20)7-9-15/h6-9,16H,2-5,10-13H2,1H3,(H,21,25). The van der Waals surface area contributed by atoms with E-state index in [0.29, 0.717) is 43.6 Å². The molecule has 146 valence electrons. The van der Waals surface area contributed by atoms with Crippen LogP contribution in [0.4, 0.5) is 9.18 Å². The SMILES string of the molecule is CCCNC(=O)N1CCCCC1c1nc(CCOc2ccc(F)cc2)no1. The lowest BCUT2D eigenvalue weighted by molar-refractivity contribution is 0.132. The van der Waals surface area contributed by atoms with E-state index in [9.17, 15) is 9.18 Å². The van der Waals surface area contributed by atoms with Gasteiger partial charge in [0.05, 0.1) is 6.61 Å². The molecular formula is C19H25FN4O3. The number of aromatic nitrogens is 2. The molecule has 3 rings (SSSR count). The lowest BCUT2D eigenvalue weighted by Gasteiger charge is -2.33. The van der Waals surface area contributed by atoms with Crippen molar-refractivity contribution in [2.45, 2.75) is 45.1 Å². The normalized spacial score (nSPS) is 17.0. The molecule has 27 heavy (non-hydrogen) atoms. The molecule has 1 aromatic heterocycles. The van der Waals surface area contributed by atoms with Crippen LogP contribution in [0.5, 0.6) is 5.75 Å². The second kappa shape index (κ2) is 9.34. The second-order valence-corrected chi connectivity index (χ2v) is 6.54. The van der Waals surface area contributed by atoms with Crippen LogP contribution in [-0.2, 0) is 6.42 Å². The molecule has 1 atom stereocenters. The first-order chi connectivity index (χ1) is 13.2. The van der Waals surface area contributed by atoms with Gasteiger partial charge in [-0.05, 0) is 49.9 Å². The molecule has 7 nitrogen and oxygen atoms in total. The number of hydrogen-bond donors (Lipinski definition) is 1. The first-order valence-electron chi connectivity index (χ1n) is 9.42. The second-order valence-electron chi connectivity index (χ2n) is 6.54. The fourth-order valence-electron chi connectivity index (χ4n) is 3.06. The van der Waals surface area contributed by atoms with E-state index in [4.69, 9.17) is 9.26 Å². The molecule has 0 spiro atoms. The minimum atomic E-state index is -0.301. The van der Waals surface area contributed by atoms with Crippen LogP contribution in [0.15, 0.2) is 28.8 Å². The van der Waals surface area contributed by atoms with Crippen LogP contribution in [0.25, 0.3) is 0 Å². The molecule has 8 heteroatoms. The predicted octanol–water partition coefficient (Wildman–Crippen LogP) is 3.48. The van der Waals surface area contributed by atoms with Gasteiger partial charge >= 0.3 is 6.03 Å². The molecule has 2 amide bonds. The number of nitrogens with zero attached hydrogens (tertiary/aromatic N) is 3. The number of hydrogen-bond acceptors (Lipinski definition) is 5. The van der Waals surface area contributed by atoms with Gasteiger partial charge in [-0.3, -0.25) is 0 Å². The van der Waals surface area contributed by atoms with Crippen molar-refractivity contribution >= 4 is 6.03 Å². The van der Waals surface area contributed by atoms with Gasteiger partial charge in [0.2, 0.25) is 5.89 Å². The maximum atomic E-state index is 12.9. The summed E-state index contributed by atoms with van der Waals surface area (Å²) in [6, 6.07) is 5.58. The van der Waals surface area contributed by atoms with E-state index in [1.807, 2.05) is 6.92 Å². The van der Waals surface area contributed by atoms with Crippen molar-refractivity contribution in [3.8, 4) is 5.75 Å². The summed E-state index contributed by atoms with van der Waals surface area (Å²) >= 11 is 0. The first kappa shape index (κ1) is 19.1. The van der Waals surface area contributed by atoms with Gasteiger partial charge in [-0.2, -0.15) is 4.98 Å². The van der Waals surface area contributed by atoms with E-state index in [0.717, 1.165) is 25.7 Å². The number of carbonyl (C=O) groups is 1. The molecule has 0 radical (unpaired) electrons. The Labute approximate surface area is 157 Å². The Morgan fingerprint density at radius 2 is 2.19 bits per heavy atom. The average molecular weight is 376 g/mol. The molecule has 1 unspecified atom stereocenters. The van der Waals surface area contributed by atoms with Crippen LogP contribution in [0, 0.1) is 5.82 Å². The first-order valence-corrected chi connectivity index (χ1v) is 9.42. The molecule has 1 fully saturated rings. The molecule has 1 N–H and O–H groups in total. The lowest BCUT2D eigenvalue weighted by atomic mass is 10.0. The zero-order valence-corrected chi connectivity index (χ0v) is 15.5. The molecule has 2 aromatic rings. The largest absolute Gasteiger partial charge is 0.493 e. The Morgan fingerprint density at radius 3 is 2.96 bits per heavy atom. The Balaban J connectivity index is 1.56. The smallest absolute Gasteiger partial charge is 0.318 e. The number of urea groups is 1. The Kier molecular flexibility index (Phi) is 6.62. The van der Waals surface area contributed by atoms with E-state index in [1.54, 1.807) is 17.0 Å². The Hall–Kier alpha value is -2.64. The number of piperidine rings is 1. The highest BCUT2D eigenvalue weighted by Gasteiger charge is 2.31. The van der Waals surface area contributed by atoms with Crippen LogP contribution in [0.2, 0.25) is 0 Å². The molecule has 2 heterocycles. The highest BCUT2D eigenvalue weighted by atomic mass is 19.1. The van der Waals surface area contributed by atoms with E-state index in [1.165, 1.54) is 12.1 Å². The summed E-state index contributed by atoms with van der Waals surface area (Å²) in [7, 11) is 0. The van der Waals surface area contributed by atoms with E-state index in [2.05, 4.69) is 15.5 Å². The van der Waals surface area contributed by atoms with Crippen LogP contribution in [0.1, 0.15) is 50.4 Å². The average Bonchev–Trinajstić information content (AvgIpc) is 3.16. The minimum absolute atomic E-state index is 0.0825. The summed E-state index contributed by atoms with van der Waals surface area (Å²) in [4.78, 5) is 18.6. The molecule has 1 aliphatic heterocycles. The maximum absolute atomic E-state index is 12.9. The summed E-state index contributed by atoms with van der Waals surface area (Å²) in [6.07, 6.45) is 4.17. The predicted molar refractivity (Wildman–Crippen MR) is 96.9 cm³/mol. The van der Waals surface area contributed by atoms with Crippen molar-refractivity contribution in [3.63, 3.8) is 0 Å². The monoisotopic (exact) mass is 376 g/mol. The number of ether oxygens (including phenoxy) is 1. The third-order valence-corrected chi connectivity index (χ3v) is 4.47. The molecule has 1 saturated heterocycles. The number of halogens is 1. The third kappa shape index (κ3) is 5.18. The quantitative estimate of drug-likeness (QED) is 0.800. The van der Waals surface area contributed by atoms with E-state index >= 15 is 0 Å². The summed E-state index contributed by atoms with van der Waals surface area (Å²) in [6.45, 7) is 3.71. The summed E-state index contributed by atoms with van der Waals surface area (Å²) < 4.78 is 23.9. The number of rotatable bonds is 7. The summed E-state index contributed by atoms with van der Waals surface area (Å²) in [5.41, 5.74) is 0. The topological polar surface area (TPSA) is 80.5 Å². The summed E-state index contributed by atoms with van der Waals surface area (Å²) in [5.74, 6) is 1.29. The van der Waals surface area contributed by atoms with Crippen LogP contribution < -0.4 is 10.1 Å². The number of nitrogens with one attached hydrogen (secondary N) is 1. The van der Waals surface area contributed by atoms with Gasteiger partial charge in [-0.1, -0.05) is 12.1 Å². The third-order valence-electron chi connectivity index (χ3n) is 4.47. The zero-order chi connectivity index (χ0) is 19.1. The van der Waals surface area contributed by atoms with Crippen molar-refractivity contribution < 1.29 is 18.4 Å².